The normalized spacial score (nSPS) is 13.6. The number of hydrogen-bond donors (Lipinski definition) is 2. The van der Waals surface area contributed by atoms with Gasteiger partial charge in [-0.1, -0.05) is 42.9 Å². The standard InChI is InChI=1S/C14H19ClN2OS/c1-3-14(2,12(16)19)13(18)17-9-8-10-4-6-11(15)7-5-10/h4-7H,3,8-9H2,1-2H3,(H2,16,19)(H,17,18). The molecule has 0 spiro atoms. The van der Waals surface area contributed by atoms with Crippen molar-refractivity contribution >= 4 is 34.7 Å². The van der Waals surface area contributed by atoms with Gasteiger partial charge in [-0.25, -0.2) is 0 Å². The summed E-state index contributed by atoms with van der Waals surface area (Å²) < 4.78 is 0. The molecule has 0 aliphatic rings. The third-order valence-electron chi connectivity index (χ3n) is 3.36. The molecule has 0 aliphatic heterocycles. The van der Waals surface area contributed by atoms with Crippen molar-refractivity contribution in [3.63, 3.8) is 0 Å². The Morgan fingerprint density at radius 1 is 1.42 bits per heavy atom. The largest absolute Gasteiger partial charge is 0.392 e. The van der Waals surface area contributed by atoms with Crippen LogP contribution in [0.3, 0.4) is 0 Å². The summed E-state index contributed by atoms with van der Waals surface area (Å²) in [6, 6.07) is 7.57. The van der Waals surface area contributed by atoms with E-state index in [4.69, 9.17) is 29.6 Å². The van der Waals surface area contributed by atoms with Crippen molar-refractivity contribution in [1.29, 1.82) is 0 Å². The Labute approximate surface area is 124 Å². The monoisotopic (exact) mass is 298 g/mol. The number of hydrogen-bond acceptors (Lipinski definition) is 2. The van der Waals surface area contributed by atoms with E-state index in [9.17, 15) is 4.79 Å². The molecular weight excluding hydrogens is 280 g/mol. The molecule has 1 unspecified atom stereocenters. The Kier molecular flexibility index (Phi) is 5.76. The van der Waals surface area contributed by atoms with Crippen LogP contribution in [-0.4, -0.2) is 17.4 Å². The summed E-state index contributed by atoms with van der Waals surface area (Å²) in [5.74, 6) is -0.114. The second kappa shape index (κ2) is 6.87. The van der Waals surface area contributed by atoms with Gasteiger partial charge in [0.25, 0.3) is 0 Å². The van der Waals surface area contributed by atoms with Crippen LogP contribution in [0.1, 0.15) is 25.8 Å². The number of thiocarbonyl (C=S) groups is 1. The minimum absolute atomic E-state index is 0.114. The molecule has 1 rings (SSSR count). The Hall–Kier alpha value is -1.13. The van der Waals surface area contributed by atoms with Gasteiger partial charge in [0.05, 0.1) is 10.4 Å². The van der Waals surface area contributed by atoms with E-state index in [1.807, 2.05) is 31.2 Å². The molecule has 0 bridgehead atoms. The van der Waals surface area contributed by atoms with Gasteiger partial charge in [-0.15, -0.1) is 0 Å². The van der Waals surface area contributed by atoms with Crippen molar-refractivity contribution in [2.24, 2.45) is 11.1 Å². The quantitative estimate of drug-likeness (QED) is 0.794. The van der Waals surface area contributed by atoms with E-state index in [-0.39, 0.29) is 10.9 Å². The number of nitrogens with two attached hydrogens (primary N) is 1. The molecule has 104 valence electrons. The molecule has 5 heteroatoms. The number of amides is 1. The average molecular weight is 299 g/mol. The van der Waals surface area contributed by atoms with Crippen molar-refractivity contribution in [1.82, 2.24) is 5.32 Å². The summed E-state index contributed by atoms with van der Waals surface area (Å²) in [7, 11) is 0. The molecule has 3 nitrogen and oxygen atoms in total. The maximum absolute atomic E-state index is 12.1. The Balaban J connectivity index is 2.51. The predicted molar refractivity (Wildman–Crippen MR) is 83.3 cm³/mol. The number of rotatable bonds is 6. The van der Waals surface area contributed by atoms with Crippen molar-refractivity contribution in [2.45, 2.75) is 26.7 Å². The molecule has 0 fully saturated rings. The van der Waals surface area contributed by atoms with Crippen LogP contribution in [0.25, 0.3) is 0 Å². The molecule has 1 aromatic rings. The van der Waals surface area contributed by atoms with Crippen molar-refractivity contribution in [2.75, 3.05) is 6.54 Å². The van der Waals surface area contributed by atoms with E-state index < -0.39 is 5.41 Å². The Morgan fingerprint density at radius 2 is 2.00 bits per heavy atom. The van der Waals surface area contributed by atoms with Crippen LogP contribution in [0.2, 0.25) is 5.02 Å². The Morgan fingerprint density at radius 3 is 2.47 bits per heavy atom. The maximum Gasteiger partial charge on any atom is 0.232 e. The zero-order chi connectivity index (χ0) is 14.5. The fourth-order valence-corrected chi connectivity index (χ4v) is 1.98. The minimum atomic E-state index is -0.769. The van der Waals surface area contributed by atoms with Gasteiger partial charge in [-0.05, 0) is 37.5 Å². The van der Waals surface area contributed by atoms with Crippen LogP contribution in [-0.2, 0) is 11.2 Å². The van der Waals surface area contributed by atoms with Crippen LogP contribution in [0.4, 0.5) is 0 Å². The highest BCUT2D eigenvalue weighted by Gasteiger charge is 2.34. The highest BCUT2D eigenvalue weighted by atomic mass is 35.5. The number of nitrogens with one attached hydrogen (secondary N) is 1. The topological polar surface area (TPSA) is 55.1 Å². The second-order valence-corrected chi connectivity index (χ2v) is 5.56. The average Bonchev–Trinajstić information content (AvgIpc) is 2.39. The molecular formula is C14H19ClN2OS. The number of benzene rings is 1. The highest BCUT2D eigenvalue weighted by Crippen LogP contribution is 2.21. The highest BCUT2D eigenvalue weighted by molar-refractivity contribution is 7.80. The van der Waals surface area contributed by atoms with Gasteiger partial charge in [0.2, 0.25) is 5.91 Å². The second-order valence-electron chi connectivity index (χ2n) is 4.68. The van der Waals surface area contributed by atoms with Crippen molar-refractivity contribution in [3.05, 3.63) is 34.9 Å². The number of carbonyl (C=O) groups is 1. The first kappa shape index (κ1) is 15.9. The molecule has 19 heavy (non-hydrogen) atoms. The molecule has 1 aromatic carbocycles. The fraction of sp³-hybridized carbons (Fsp3) is 0.429. The predicted octanol–water partition coefficient (Wildman–Crippen LogP) is 2.70. The number of halogens is 1. The summed E-state index contributed by atoms with van der Waals surface area (Å²) >= 11 is 10.8. The lowest BCUT2D eigenvalue weighted by Gasteiger charge is -2.25. The fourth-order valence-electron chi connectivity index (χ4n) is 1.61. The first-order valence-corrected chi connectivity index (χ1v) is 7.01. The van der Waals surface area contributed by atoms with Gasteiger partial charge in [0.15, 0.2) is 0 Å². The zero-order valence-corrected chi connectivity index (χ0v) is 12.8. The van der Waals surface area contributed by atoms with Crippen molar-refractivity contribution in [3.8, 4) is 0 Å². The summed E-state index contributed by atoms with van der Waals surface area (Å²) in [6.07, 6.45) is 1.34. The first-order chi connectivity index (χ1) is 8.90. The molecule has 1 amide bonds. The Bertz CT molecular complexity index is 461. The van der Waals surface area contributed by atoms with Gasteiger partial charge < -0.3 is 11.1 Å². The molecule has 0 radical (unpaired) electrons. The summed E-state index contributed by atoms with van der Waals surface area (Å²) in [6.45, 7) is 4.23. The van der Waals surface area contributed by atoms with E-state index in [1.54, 1.807) is 6.92 Å². The molecule has 0 aromatic heterocycles. The van der Waals surface area contributed by atoms with E-state index in [1.165, 1.54) is 0 Å². The van der Waals surface area contributed by atoms with E-state index in [2.05, 4.69) is 5.32 Å². The van der Waals surface area contributed by atoms with Gasteiger partial charge >= 0.3 is 0 Å². The lowest BCUT2D eigenvalue weighted by molar-refractivity contribution is -0.126. The lowest BCUT2D eigenvalue weighted by Crippen LogP contribution is -2.47. The van der Waals surface area contributed by atoms with Gasteiger partial charge in [-0.3, -0.25) is 4.79 Å². The molecule has 0 heterocycles. The molecule has 0 saturated carbocycles. The summed E-state index contributed by atoms with van der Waals surface area (Å²) in [5, 5.41) is 3.59. The SMILES string of the molecule is CCC(C)(C(=O)NCCc1ccc(Cl)cc1)C(N)=S. The van der Waals surface area contributed by atoms with E-state index in [0.717, 1.165) is 12.0 Å². The van der Waals surface area contributed by atoms with Crippen LogP contribution in [0.5, 0.6) is 0 Å². The van der Waals surface area contributed by atoms with Crippen LogP contribution in [0, 0.1) is 5.41 Å². The maximum atomic E-state index is 12.1. The van der Waals surface area contributed by atoms with Crippen molar-refractivity contribution < 1.29 is 4.79 Å². The number of carbonyl (C=O) groups excluding carboxylic acids is 1. The third kappa shape index (κ3) is 4.18. The van der Waals surface area contributed by atoms with Crippen LogP contribution >= 0.6 is 23.8 Å². The van der Waals surface area contributed by atoms with Crippen LogP contribution in [0.15, 0.2) is 24.3 Å². The smallest absolute Gasteiger partial charge is 0.232 e. The molecule has 0 saturated heterocycles. The van der Waals surface area contributed by atoms with Crippen LogP contribution < -0.4 is 11.1 Å². The summed E-state index contributed by atoms with van der Waals surface area (Å²) in [5.41, 5.74) is 5.99. The van der Waals surface area contributed by atoms with E-state index >= 15 is 0 Å². The van der Waals surface area contributed by atoms with Gasteiger partial charge in [0.1, 0.15) is 0 Å². The third-order valence-corrected chi connectivity index (χ3v) is 4.07. The molecule has 1 atom stereocenters. The first-order valence-electron chi connectivity index (χ1n) is 6.23. The molecule has 0 aliphatic carbocycles. The molecule has 3 N–H and O–H groups in total. The summed E-state index contributed by atoms with van der Waals surface area (Å²) in [4.78, 5) is 12.3. The minimum Gasteiger partial charge on any atom is -0.392 e. The zero-order valence-electron chi connectivity index (χ0n) is 11.2. The van der Waals surface area contributed by atoms with Gasteiger partial charge in [0, 0.05) is 11.6 Å². The van der Waals surface area contributed by atoms with E-state index in [0.29, 0.717) is 18.0 Å². The lowest BCUT2D eigenvalue weighted by atomic mass is 9.86. The van der Waals surface area contributed by atoms with Gasteiger partial charge in [-0.2, -0.15) is 0 Å².